The zero-order chi connectivity index (χ0) is 25.4. The number of ether oxygens (including phenoxy) is 1. The molecule has 0 bridgehead atoms. The molecule has 1 atom stereocenters. The van der Waals surface area contributed by atoms with E-state index < -0.39 is 5.60 Å². The summed E-state index contributed by atoms with van der Waals surface area (Å²) in [7, 11) is 0. The van der Waals surface area contributed by atoms with Crippen LogP contribution < -0.4 is 15.0 Å². The first-order valence-corrected chi connectivity index (χ1v) is 13.3. The van der Waals surface area contributed by atoms with E-state index in [1.807, 2.05) is 12.1 Å². The van der Waals surface area contributed by atoms with Gasteiger partial charge in [-0.15, -0.1) is 0 Å². The van der Waals surface area contributed by atoms with Crippen molar-refractivity contribution in [1.82, 2.24) is 5.32 Å². The van der Waals surface area contributed by atoms with E-state index in [9.17, 15) is 5.11 Å². The Kier molecular flexibility index (Phi) is 9.86. The average molecular weight is 498 g/mol. The summed E-state index contributed by atoms with van der Waals surface area (Å²) in [5, 5.41) is 15.4. The fraction of sp³-hybridized carbons (Fsp3) is 0.552. The molecule has 1 fully saturated rings. The summed E-state index contributed by atoms with van der Waals surface area (Å²) < 4.78 is 6.11. The second-order valence-corrected chi connectivity index (χ2v) is 10.1. The molecule has 1 saturated heterocycles. The number of hydrogen-bond acceptors (Lipinski definition) is 4. The topological polar surface area (TPSA) is 49.1 Å². The van der Waals surface area contributed by atoms with Gasteiger partial charge in [0.2, 0.25) is 5.69 Å². The van der Waals surface area contributed by atoms with Gasteiger partial charge in [0.1, 0.15) is 5.75 Å². The van der Waals surface area contributed by atoms with Crippen molar-refractivity contribution in [3.05, 3.63) is 64.0 Å². The lowest BCUT2D eigenvalue weighted by atomic mass is 9.88. The predicted molar refractivity (Wildman–Crippen MR) is 146 cm³/mol. The summed E-state index contributed by atoms with van der Waals surface area (Å²) >= 11 is 6.20. The Morgan fingerprint density at radius 2 is 1.83 bits per heavy atom. The first-order valence-electron chi connectivity index (χ1n) is 13.0. The fourth-order valence-electron chi connectivity index (χ4n) is 4.88. The maximum absolute atomic E-state index is 11.1. The molecule has 1 aliphatic rings. The summed E-state index contributed by atoms with van der Waals surface area (Å²) in [5.41, 5.74) is 3.18. The van der Waals surface area contributed by atoms with Crippen molar-refractivity contribution in [2.24, 2.45) is 0 Å². The highest BCUT2D eigenvalue weighted by Gasteiger charge is 2.32. The Bertz CT molecular complexity index is 1010. The normalized spacial score (nSPS) is 16.2. The summed E-state index contributed by atoms with van der Waals surface area (Å²) in [4.78, 5) is 5.64. The number of hydrogen-bond donors (Lipinski definition) is 2. The Morgan fingerprint density at radius 3 is 2.40 bits per heavy atom. The van der Waals surface area contributed by atoms with Crippen molar-refractivity contribution < 1.29 is 9.84 Å². The van der Waals surface area contributed by atoms with Gasteiger partial charge in [0.15, 0.2) is 0 Å². The van der Waals surface area contributed by atoms with Gasteiger partial charge in [-0.25, -0.2) is 4.85 Å². The molecule has 0 radical (unpaired) electrons. The molecule has 3 rings (SSSR count). The lowest BCUT2D eigenvalue weighted by Gasteiger charge is -2.39. The number of aryl methyl sites for hydroxylation is 1. The summed E-state index contributed by atoms with van der Waals surface area (Å²) in [5.74, 6) is 0.890. The van der Waals surface area contributed by atoms with Crippen LogP contribution in [0.4, 0.5) is 11.4 Å². The van der Waals surface area contributed by atoms with Crippen molar-refractivity contribution in [3.63, 3.8) is 0 Å². The standard InChI is InChI=1S/C29H40ClN3O2/c1-6-23(7-2)32-26(8-3)22-9-12-28(21(4)19-22)35-18-15-29(34)13-16-33(17-14-29)24-10-11-27(31-5)25(30)20-24/h9-12,19-20,23,26,32,34H,6-8,13-18H2,1-4H3. The monoisotopic (exact) mass is 497 g/mol. The van der Waals surface area contributed by atoms with Crippen LogP contribution in [0, 0.1) is 13.5 Å². The Morgan fingerprint density at radius 1 is 1.11 bits per heavy atom. The Hall–Kier alpha value is -2.26. The van der Waals surface area contributed by atoms with Gasteiger partial charge in [-0.2, -0.15) is 0 Å². The van der Waals surface area contributed by atoms with Crippen molar-refractivity contribution in [2.45, 2.75) is 83.9 Å². The summed E-state index contributed by atoms with van der Waals surface area (Å²) in [6, 6.07) is 12.9. The molecule has 2 aromatic carbocycles. The lowest BCUT2D eigenvalue weighted by molar-refractivity contribution is -0.00273. The van der Waals surface area contributed by atoms with Crippen LogP contribution in [0.25, 0.3) is 4.85 Å². The molecule has 35 heavy (non-hydrogen) atoms. The number of rotatable bonds is 11. The molecule has 5 nitrogen and oxygen atoms in total. The highest BCUT2D eigenvalue weighted by molar-refractivity contribution is 6.33. The SMILES string of the molecule is [C-]#[N+]c1ccc(N2CCC(O)(CCOc3ccc(C(CC)NC(CC)CC)cc3C)CC2)cc1Cl. The number of nitrogens with zero attached hydrogens (tertiary/aromatic N) is 2. The van der Waals surface area contributed by atoms with E-state index in [1.54, 1.807) is 6.07 Å². The molecule has 0 saturated carbocycles. The largest absolute Gasteiger partial charge is 0.493 e. The molecular weight excluding hydrogens is 458 g/mol. The van der Waals surface area contributed by atoms with Crippen LogP contribution in [-0.4, -0.2) is 36.4 Å². The fourth-order valence-corrected chi connectivity index (χ4v) is 5.09. The van der Waals surface area contributed by atoms with E-state index >= 15 is 0 Å². The van der Waals surface area contributed by atoms with Crippen LogP contribution in [0.15, 0.2) is 36.4 Å². The third-order valence-electron chi connectivity index (χ3n) is 7.37. The lowest BCUT2D eigenvalue weighted by Crippen LogP contribution is -2.45. The summed E-state index contributed by atoms with van der Waals surface area (Å²) in [6.45, 7) is 17.9. The quantitative estimate of drug-likeness (QED) is 0.321. The van der Waals surface area contributed by atoms with Gasteiger partial charge < -0.3 is 20.1 Å². The minimum atomic E-state index is -0.725. The van der Waals surface area contributed by atoms with E-state index in [4.69, 9.17) is 22.9 Å². The number of halogens is 1. The minimum Gasteiger partial charge on any atom is -0.493 e. The molecule has 6 heteroatoms. The molecule has 190 valence electrons. The minimum absolute atomic E-state index is 0.353. The van der Waals surface area contributed by atoms with E-state index in [0.717, 1.165) is 49.4 Å². The molecule has 1 aliphatic heterocycles. The van der Waals surface area contributed by atoms with Gasteiger partial charge in [-0.05, 0) is 68.4 Å². The zero-order valence-corrected chi connectivity index (χ0v) is 22.4. The maximum atomic E-state index is 11.1. The van der Waals surface area contributed by atoms with Crippen LogP contribution in [0.5, 0.6) is 5.75 Å². The van der Waals surface area contributed by atoms with Gasteiger partial charge in [0, 0.05) is 42.3 Å². The molecule has 1 heterocycles. The van der Waals surface area contributed by atoms with Crippen molar-refractivity contribution >= 4 is 23.0 Å². The molecular formula is C29H40ClN3O2. The molecule has 0 aromatic heterocycles. The van der Waals surface area contributed by atoms with Crippen LogP contribution in [-0.2, 0) is 0 Å². The Balaban J connectivity index is 1.52. The maximum Gasteiger partial charge on any atom is 0.205 e. The number of piperidine rings is 1. The predicted octanol–water partition coefficient (Wildman–Crippen LogP) is 7.23. The van der Waals surface area contributed by atoms with Gasteiger partial charge >= 0.3 is 0 Å². The van der Waals surface area contributed by atoms with Gasteiger partial charge in [-0.1, -0.05) is 50.6 Å². The van der Waals surface area contributed by atoms with E-state index in [2.05, 4.69) is 61.0 Å². The number of anilines is 1. The third-order valence-corrected chi connectivity index (χ3v) is 7.67. The van der Waals surface area contributed by atoms with Crippen LogP contribution in [0.1, 0.15) is 76.5 Å². The second kappa shape index (κ2) is 12.6. The third kappa shape index (κ3) is 7.13. The van der Waals surface area contributed by atoms with Crippen LogP contribution in [0.3, 0.4) is 0 Å². The van der Waals surface area contributed by atoms with Gasteiger partial charge in [0.25, 0.3) is 0 Å². The van der Waals surface area contributed by atoms with Crippen LogP contribution in [0.2, 0.25) is 5.02 Å². The average Bonchev–Trinajstić information content (AvgIpc) is 2.86. The molecule has 2 aromatic rings. The zero-order valence-electron chi connectivity index (χ0n) is 21.6. The van der Waals surface area contributed by atoms with Crippen molar-refractivity contribution in [1.29, 1.82) is 0 Å². The van der Waals surface area contributed by atoms with E-state index in [-0.39, 0.29) is 0 Å². The molecule has 1 unspecified atom stereocenters. The Labute approximate surface area is 216 Å². The van der Waals surface area contributed by atoms with Gasteiger partial charge in [0.05, 0.1) is 18.8 Å². The molecule has 0 amide bonds. The first-order chi connectivity index (χ1) is 16.8. The summed E-state index contributed by atoms with van der Waals surface area (Å²) in [6.07, 6.45) is 5.28. The molecule has 0 spiro atoms. The highest BCUT2D eigenvalue weighted by atomic mass is 35.5. The second-order valence-electron chi connectivity index (χ2n) is 9.72. The van der Waals surface area contributed by atoms with Gasteiger partial charge in [-0.3, -0.25) is 0 Å². The smallest absolute Gasteiger partial charge is 0.205 e. The van der Waals surface area contributed by atoms with Crippen molar-refractivity contribution in [3.8, 4) is 5.75 Å². The molecule has 0 aliphatic carbocycles. The van der Waals surface area contributed by atoms with E-state index in [0.29, 0.717) is 48.7 Å². The van der Waals surface area contributed by atoms with E-state index in [1.165, 1.54) is 5.56 Å². The van der Waals surface area contributed by atoms with Crippen molar-refractivity contribution in [2.75, 3.05) is 24.6 Å². The molecule has 2 N–H and O–H groups in total. The number of benzene rings is 2. The highest BCUT2D eigenvalue weighted by Crippen LogP contribution is 2.34. The number of aliphatic hydroxyl groups is 1. The number of nitrogens with one attached hydrogen (secondary N) is 1. The van der Waals surface area contributed by atoms with Crippen LogP contribution >= 0.6 is 11.6 Å². The first kappa shape index (κ1) is 27.3.